The molecule has 0 aliphatic heterocycles. The predicted molar refractivity (Wildman–Crippen MR) is 90.3 cm³/mol. The Bertz CT molecular complexity index is 481. The molecule has 0 spiro atoms. The van der Waals surface area contributed by atoms with Crippen LogP contribution in [0.2, 0.25) is 0 Å². The first-order chi connectivity index (χ1) is 9.98. The molecule has 1 aromatic rings. The molecule has 2 nitrogen and oxygen atoms in total. The second-order valence-electron chi connectivity index (χ2n) is 6.18. The zero-order valence-corrected chi connectivity index (χ0v) is 14.6. The summed E-state index contributed by atoms with van der Waals surface area (Å²) in [6.45, 7) is 6.25. The lowest BCUT2D eigenvalue weighted by Gasteiger charge is -2.30. The molecule has 0 bridgehead atoms. The van der Waals surface area contributed by atoms with Crippen LogP contribution >= 0.6 is 0 Å². The van der Waals surface area contributed by atoms with Crippen LogP contribution in [0.25, 0.3) is 0 Å². The van der Waals surface area contributed by atoms with Crippen molar-refractivity contribution in [3.05, 3.63) is 30.3 Å². The zero-order valence-electron chi connectivity index (χ0n) is 13.8. The van der Waals surface area contributed by atoms with Gasteiger partial charge in [0.05, 0.1) is 9.64 Å². The highest BCUT2D eigenvalue weighted by atomic mass is 32.2. The van der Waals surface area contributed by atoms with E-state index in [1.165, 1.54) is 0 Å². The van der Waals surface area contributed by atoms with Crippen molar-refractivity contribution in [1.29, 1.82) is 0 Å². The normalized spacial score (nSPS) is 12.5. The van der Waals surface area contributed by atoms with E-state index in [2.05, 4.69) is 13.8 Å². The van der Waals surface area contributed by atoms with Crippen molar-refractivity contribution < 1.29 is 8.42 Å². The molecule has 1 aromatic carbocycles. The molecule has 0 N–H and O–H groups in total. The van der Waals surface area contributed by atoms with Gasteiger partial charge in [0.1, 0.15) is 0 Å². The van der Waals surface area contributed by atoms with Crippen molar-refractivity contribution in [1.82, 2.24) is 0 Å². The van der Waals surface area contributed by atoms with E-state index in [9.17, 15) is 8.42 Å². The number of hydrogen-bond donors (Lipinski definition) is 0. The summed E-state index contributed by atoms with van der Waals surface area (Å²) in [7, 11) is -3.26. The first-order valence-corrected chi connectivity index (χ1v) is 9.76. The van der Waals surface area contributed by atoms with Crippen LogP contribution in [0.5, 0.6) is 0 Å². The molecule has 0 atom stereocenters. The smallest absolute Gasteiger partial charge is 0.183 e. The Hall–Kier alpha value is -0.830. The Morgan fingerprint density at radius 1 is 0.857 bits per heavy atom. The van der Waals surface area contributed by atoms with Gasteiger partial charge in [-0.1, -0.05) is 70.6 Å². The fraction of sp³-hybridized carbons (Fsp3) is 0.667. The van der Waals surface area contributed by atoms with Gasteiger partial charge in [0.2, 0.25) is 0 Å². The molecule has 0 aliphatic rings. The van der Waals surface area contributed by atoms with Crippen LogP contribution in [0.15, 0.2) is 35.2 Å². The number of unbranched alkanes of at least 4 members (excludes halogenated alkanes) is 4. The predicted octanol–water partition coefficient (Wildman–Crippen LogP) is 5.38. The zero-order chi connectivity index (χ0) is 15.8. The minimum Gasteiger partial charge on any atom is -0.223 e. The molecule has 21 heavy (non-hydrogen) atoms. The van der Waals surface area contributed by atoms with E-state index in [0.29, 0.717) is 4.90 Å². The molecule has 0 aromatic heterocycles. The average Bonchev–Trinajstić information content (AvgIpc) is 2.48. The van der Waals surface area contributed by atoms with Crippen molar-refractivity contribution in [2.45, 2.75) is 81.8 Å². The molecule has 0 radical (unpaired) electrons. The van der Waals surface area contributed by atoms with E-state index < -0.39 is 14.6 Å². The summed E-state index contributed by atoms with van der Waals surface area (Å²) in [4.78, 5) is 0.473. The minimum atomic E-state index is -3.26. The van der Waals surface area contributed by atoms with Gasteiger partial charge in [0.25, 0.3) is 0 Å². The van der Waals surface area contributed by atoms with Crippen molar-refractivity contribution >= 4 is 9.84 Å². The summed E-state index contributed by atoms with van der Waals surface area (Å²) in [5.41, 5.74) is 0. The maximum absolute atomic E-state index is 13.0. The van der Waals surface area contributed by atoms with E-state index in [0.717, 1.165) is 51.4 Å². The largest absolute Gasteiger partial charge is 0.223 e. The van der Waals surface area contributed by atoms with Gasteiger partial charge in [0.15, 0.2) is 9.84 Å². The summed E-state index contributed by atoms with van der Waals surface area (Å²) in [6, 6.07) is 8.95. The fourth-order valence-electron chi connectivity index (χ4n) is 2.78. The van der Waals surface area contributed by atoms with E-state index in [4.69, 9.17) is 0 Å². The number of benzene rings is 1. The van der Waals surface area contributed by atoms with Gasteiger partial charge < -0.3 is 0 Å². The monoisotopic (exact) mass is 310 g/mol. The molecule has 0 fully saturated rings. The maximum atomic E-state index is 13.0. The van der Waals surface area contributed by atoms with Gasteiger partial charge in [-0.15, -0.1) is 0 Å². The third-order valence-corrected chi connectivity index (χ3v) is 6.92. The van der Waals surface area contributed by atoms with Crippen LogP contribution in [-0.2, 0) is 9.84 Å². The van der Waals surface area contributed by atoms with Crippen molar-refractivity contribution in [3.63, 3.8) is 0 Å². The molecule has 0 saturated carbocycles. The van der Waals surface area contributed by atoms with Crippen molar-refractivity contribution in [2.75, 3.05) is 0 Å². The summed E-state index contributed by atoms with van der Waals surface area (Å²) in [6.07, 6.45) is 7.97. The fourth-order valence-corrected chi connectivity index (χ4v) is 4.69. The first kappa shape index (κ1) is 18.2. The first-order valence-electron chi connectivity index (χ1n) is 8.27. The molecule has 0 aliphatic carbocycles. The van der Waals surface area contributed by atoms with Crippen LogP contribution < -0.4 is 0 Å². The van der Waals surface area contributed by atoms with Crippen molar-refractivity contribution in [2.24, 2.45) is 0 Å². The topological polar surface area (TPSA) is 34.1 Å². The summed E-state index contributed by atoms with van der Waals surface area (Å²) >= 11 is 0. The van der Waals surface area contributed by atoms with E-state index in [1.54, 1.807) is 12.1 Å². The summed E-state index contributed by atoms with van der Waals surface area (Å²) in [5.74, 6) is 0. The average molecular weight is 311 g/mol. The second-order valence-corrected chi connectivity index (χ2v) is 8.64. The summed E-state index contributed by atoms with van der Waals surface area (Å²) in [5, 5.41) is 0. The summed E-state index contributed by atoms with van der Waals surface area (Å²) < 4.78 is 25.5. The molecular formula is C18H30O2S. The second kappa shape index (κ2) is 8.57. The molecule has 1 rings (SSSR count). The Kier molecular flexibility index (Phi) is 7.44. The molecule has 0 saturated heterocycles. The van der Waals surface area contributed by atoms with Gasteiger partial charge in [-0.05, 0) is 31.9 Å². The third kappa shape index (κ3) is 4.84. The van der Waals surface area contributed by atoms with Crippen LogP contribution in [-0.4, -0.2) is 13.2 Å². The Morgan fingerprint density at radius 2 is 1.33 bits per heavy atom. The Morgan fingerprint density at radius 3 is 1.76 bits per heavy atom. The lowest BCUT2D eigenvalue weighted by Crippen LogP contribution is -2.35. The molecule has 0 unspecified atom stereocenters. The molecule has 0 heterocycles. The lowest BCUT2D eigenvalue weighted by atomic mass is 9.96. The number of sulfone groups is 1. The third-order valence-electron chi connectivity index (χ3n) is 4.32. The van der Waals surface area contributed by atoms with Crippen LogP contribution in [0, 0.1) is 0 Å². The maximum Gasteiger partial charge on any atom is 0.183 e. The molecule has 0 amide bonds. The standard InChI is InChI=1S/C18H30O2S/c1-4-6-11-15-18(3,16-12-7-5-2)21(19,20)17-13-9-8-10-14-17/h8-10,13-14H,4-7,11-12,15-16H2,1-3H3. The molecule has 120 valence electrons. The highest BCUT2D eigenvalue weighted by Gasteiger charge is 2.38. The van der Waals surface area contributed by atoms with Crippen LogP contribution in [0.1, 0.15) is 72.1 Å². The highest BCUT2D eigenvalue weighted by Crippen LogP contribution is 2.35. The Labute approximate surface area is 130 Å². The van der Waals surface area contributed by atoms with E-state index in [-0.39, 0.29) is 0 Å². The molecular weight excluding hydrogens is 280 g/mol. The van der Waals surface area contributed by atoms with E-state index in [1.807, 2.05) is 25.1 Å². The number of hydrogen-bond acceptors (Lipinski definition) is 2. The Balaban J connectivity index is 2.98. The number of rotatable bonds is 10. The van der Waals surface area contributed by atoms with Gasteiger partial charge in [-0.25, -0.2) is 8.42 Å². The van der Waals surface area contributed by atoms with E-state index >= 15 is 0 Å². The quantitative estimate of drug-likeness (QED) is 0.544. The van der Waals surface area contributed by atoms with Gasteiger partial charge in [0, 0.05) is 0 Å². The van der Waals surface area contributed by atoms with Gasteiger partial charge >= 0.3 is 0 Å². The van der Waals surface area contributed by atoms with Crippen molar-refractivity contribution in [3.8, 4) is 0 Å². The minimum absolute atomic E-state index is 0.473. The van der Waals surface area contributed by atoms with Crippen LogP contribution in [0.4, 0.5) is 0 Å². The van der Waals surface area contributed by atoms with Gasteiger partial charge in [-0.3, -0.25) is 0 Å². The van der Waals surface area contributed by atoms with Gasteiger partial charge in [-0.2, -0.15) is 0 Å². The lowest BCUT2D eigenvalue weighted by molar-refractivity contribution is 0.443. The highest BCUT2D eigenvalue weighted by molar-refractivity contribution is 7.92. The molecule has 3 heteroatoms. The SMILES string of the molecule is CCCCCC(C)(CCCCC)S(=O)(=O)c1ccccc1. The van der Waals surface area contributed by atoms with Crippen LogP contribution in [0.3, 0.4) is 0 Å².